The molecule has 5 rings (SSSR count). The lowest BCUT2D eigenvalue weighted by Crippen LogP contribution is -2.42. The number of benzene rings is 1. The van der Waals surface area contributed by atoms with Gasteiger partial charge in [0, 0.05) is 55.8 Å². The van der Waals surface area contributed by atoms with E-state index in [1.54, 1.807) is 22.8 Å². The molecule has 0 saturated carbocycles. The number of methoxy groups -OCH3 is 1. The van der Waals surface area contributed by atoms with Gasteiger partial charge in [-0.25, -0.2) is 4.98 Å². The van der Waals surface area contributed by atoms with Gasteiger partial charge in [0.1, 0.15) is 23.8 Å². The highest BCUT2D eigenvalue weighted by Crippen LogP contribution is 2.27. The van der Waals surface area contributed by atoms with E-state index in [0.29, 0.717) is 37.7 Å². The number of ketones is 1. The predicted molar refractivity (Wildman–Crippen MR) is 127 cm³/mol. The molecule has 2 aliphatic heterocycles. The van der Waals surface area contributed by atoms with Gasteiger partial charge < -0.3 is 19.3 Å². The fraction of sp³-hybridized carbons (Fsp3) is 0.440. The molecule has 2 saturated heterocycles. The Morgan fingerprint density at radius 3 is 2.65 bits per heavy atom. The van der Waals surface area contributed by atoms with Crippen molar-refractivity contribution in [1.82, 2.24) is 19.7 Å². The third-order valence-electron chi connectivity index (χ3n) is 6.42. The molecule has 178 valence electrons. The zero-order valence-corrected chi connectivity index (χ0v) is 19.4. The number of nitrogens with zero attached hydrogens (tertiary/aromatic N) is 5. The van der Waals surface area contributed by atoms with Crippen molar-refractivity contribution in [1.29, 1.82) is 0 Å². The molecule has 1 aromatic carbocycles. The Kier molecular flexibility index (Phi) is 6.44. The number of carbonyl (C=O) groups excluding carboxylic acids is 2. The van der Waals surface area contributed by atoms with Crippen LogP contribution in [0.3, 0.4) is 0 Å². The van der Waals surface area contributed by atoms with E-state index in [1.165, 1.54) is 0 Å². The molecule has 1 amide bonds. The summed E-state index contributed by atoms with van der Waals surface area (Å²) in [6, 6.07) is 9.36. The zero-order chi connectivity index (χ0) is 23.5. The molecule has 9 nitrogen and oxygen atoms in total. The van der Waals surface area contributed by atoms with Crippen molar-refractivity contribution >= 4 is 28.4 Å². The Morgan fingerprint density at radius 1 is 1.09 bits per heavy atom. The second-order valence-electron chi connectivity index (χ2n) is 8.72. The van der Waals surface area contributed by atoms with Gasteiger partial charge in [0.25, 0.3) is 0 Å². The van der Waals surface area contributed by atoms with Crippen LogP contribution in [0, 0.1) is 0 Å². The monoisotopic (exact) mass is 463 g/mol. The van der Waals surface area contributed by atoms with Crippen LogP contribution in [0.1, 0.15) is 28.9 Å². The number of pyridine rings is 1. The van der Waals surface area contributed by atoms with Crippen LogP contribution in [-0.2, 0) is 22.5 Å². The van der Waals surface area contributed by atoms with E-state index in [-0.39, 0.29) is 24.7 Å². The topological polar surface area (TPSA) is 89.8 Å². The minimum atomic E-state index is -0.0615. The Morgan fingerprint density at radius 2 is 1.88 bits per heavy atom. The molecule has 2 aliphatic rings. The average molecular weight is 464 g/mol. The number of anilines is 1. The SMILES string of the molecule is COc1cc2nn(CC(=O)N3CCOCC3)cc2cc1CC(=O)c1cccc(N2CCCC2)n1. The van der Waals surface area contributed by atoms with Crippen molar-refractivity contribution in [3.8, 4) is 5.75 Å². The standard InChI is InChI=1S/C25H29N5O4/c1-33-23-15-21-19(16-30(27-21)17-25(32)29-9-11-34-12-10-29)13-18(23)14-22(31)20-5-4-6-24(26-20)28-7-2-3-8-28/h4-6,13,15-16H,2-3,7-12,14,17H2,1H3. The lowest BCUT2D eigenvalue weighted by molar-refractivity contribution is -0.136. The summed E-state index contributed by atoms with van der Waals surface area (Å²) in [7, 11) is 1.58. The molecule has 0 atom stereocenters. The number of amides is 1. The van der Waals surface area contributed by atoms with E-state index in [0.717, 1.165) is 48.2 Å². The quantitative estimate of drug-likeness (QED) is 0.497. The fourth-order valence-electron chi connectivity index (χ4n) is 4.58. The maximum atomic E-state index is 13.1. The number of hydrogen-bond acceptors (Lipinski definition) is 7. The maximum absolute atomic E-state index is 13.1. The molecule has 0 aliphatic carbocycles. The number of hydrogen-bond donors (Lipinski definition) is 0. The highest BCUT2D eigenvalue weighted by Gasteiger charge is 2.20. The molecule has 0 radical (unpaired) electrons. The smallest absolute Gasteiger partial charge is 0.244 e. The van der Waals surface area contributed by atoms with Crippen LogP contribution in [0.2, 0.25) is 0 Å². The highest BCUT2D eigenvalue weighted by molar-refractivity contribution is 5.97. The Labute approximate surface area is 198 Å². The van der Waals surface area contributed by atoms with Gasteiger partial charge in [-0.3, -0.25) is 14.3 Å². The first-order valence-corrected chi connectivity index (χ1v) is 11.8. The van der Waals surface area contributed by atoms with Crippen LogP contribution in [0.15, 0.2) is 36.5 Å². The van der Waals surface area contributed by atoms with Crippen molar-refractivity contribution in [2.45, 2.75) is 25.8 Å². The summed E-state index contributed by atoms with van der Waals surface area (Å²) in [5, 5.41) is 5.40. The Hall–Kier alpha value is -3.46. The second kappa shape index (κ2) is 9.80. The normalized spacial score (nSPS) is 16.3. The number of carbonyl (C=O) groups is 2. The van der Waals surface area contributed by atoms with Crippen molar-refractivity contribution in [3.05, 3.63) is 47.8 Å². The van der Waals surface area contributed by atoms with Crippen LogP contribution in [-0.4, -0.2) is 77.9 Å². The van der Waals surface area contributed by atoms with Gasteiger partial charge in [0.15, 0.2) is 5.78 Å². The molecule has 9 heteroatoms. The number of rotatable bonds is 7. The molecule has 2 aromatic heterocycles. The van der Waals surface area contributed by atoms with E-state index in [9.17, 15) is 9.59 Å². The Balaban J connectivity index is 1.34. The van der Waals surface area contributed by atoms with E-state index in [1.807, 2.05) is 30.5 Å². The van der Waals surface area contributed by atoms with Crippen LogP contribution >= 0.6 is 0 Å². The minimum absolute atomic E-state index is 0.0161. The molecule has 4 heterocycles. The van der Waals surface area contributed by atoms with Gasteiger partial charge >= 0.3 is 0 Å². The van der Waals surface area contributed by atoms with Gasteiger partial charge in [-0.05, 0) is 31.0 Å². The largest absolute Gasteiger partial charge is 0.496 e. The average Bonchev–Trinajstić information content (AvgIpc) is 3.54. The van der Waals surface area contributed by atoms with Crippen LogP contribution in [0.4, 0.5) is 5.82 Å². The number of fused-ring (bicyclic) bond motifs is 1. The van der Waals surface area contributed by atoms with Crippen LogP contribution in [0.25, 0.3) is 10.9 Å². The van der Waals surface area contributed by atoms with E-state index in [2.05, 4.69) is 15.0 Å². The molecule has 34 heavy (non-hydrogen) atoms. The first-order chi connectivity index (χ1) is 16.6. The molecule has 0 bridgehead atoms. The van der Waals surface area contributed by atoms with Gasteiger partial charge in [-0.1, -0.05) is 6.07 Å². The highest BCUT2D eigenvalue weighted by atomic mass is 16.5. The third-order valence-corrected chi connectivity index (χ3v) is 6.42. The van der Waals surface area contributed by atoms with E-state index < -0.39 is 0 Å². The summed E-state index contributed by atoms with van der Waals surface area (Å²) in [4.78, 5) is 34.3. The number of aromatic nitrogens is 3. The van der Waals surface area contributed by atoms with Crippen molar-refractivity contribution < 1.29 is 19.1 Å². The van der Waals surface area contributed by atoms with Crippen molar-refractivity contribution in [2.24, 2.45) is 0 Å². The molecule has 2 fully saturated rings. The summed E-state index contributed by atoms with van der Waals surface area (Å²) in [5.74, 6) is 1.41. The van der Waals surface area contributed by atoms with Crippen molar-refractivity contribution in [3.63, 3.8) is 0 Å². The molecule has 0 N–H and O–H groups in total. The molecular formula is C25H29N5O4. The second-order valence-corrected chi connectivity index (χ2v) is 8.72. The minimum Gasteiger partial charge on any atom is -0.496 e. The van der Waals surface area contributed by atoms with E-state index >= 15 is 0 Å². The Bertz CT molecular complexity index is 1200. The first kappa shape index (κ1) is 22.3. The molecular weight excluding hydrogens is 434 g/mol. The summed E-state index contributed by atoms with van der Waals surface area (Å²) in [5.41, 5.74) is 1.95. The van der Waals surface area contributed by atoms with Gasteiger partial charge in [-0.15, -0.1) is 0 Å². The number of ether oxygens (including phenoxy) is 2. The fourth-order valence-corrected chi connectivity index (χ4v) is 4.58. The molecule has 0 spiro atoms. The first-order valence-electron chi connectivity index (χ1n) is 11.8. The molecule has 0 unspecified atom stereocenters. The third kappa shape index (κ3) is 4.75. The summed E-state index contributed by atoms with van der Waals surface area (Å²) < 4.78 is 12.5. The molecule has 3 aromatic rings. The van der Waals surface area contributed by atoms with Crippen LogP contribution < -0.4 is 9.64 Å². The van der Waals surface area contributed by atoms with Gasteiger partial charge in [-0.2, -0.15) is 5.10 Å². The lowest BCUT2D eigenvalue weighted by atomic mass is 10.0. The maximum Gasteiger partial charge on any atom is 0.244 e. The zero-order valence-electron chi connectivity index (χ0n) is 19.4. The number of Topliss-reactive ketones (excluding diaryl/α,β-unsaturated/α-hetero) is 1. The summed E-state index contributed by atoms with van der Waals surface area (Å²) >= 11 is 0. The predicted octanol–water partition coefficient (Wildman–Crippen LogP) is 2.32. The van der Waals surface area contributed by atoms with Gasteiger partial charge in [0.05, 0.1) is 25.8 Å². The van der Waals surface area contributed by atoms with E-state index in [4.69, 9.17) is 9.47 Å². The van der Waals surface area contributed by atoms with Crippen molar-refractivity contribution in [2.75, 3.05) is 51.4 Å². The lowest BCUT2D eigenvalue weighted by Gasteiger charge is -2.26. The summed E-state index contributed by atoms with van der Waals surface area (Å²) in [6.07, 6.45) is 4.33. The number of morpholine rings is 1. The van der Waals surface area contributed by atoms with Crippen LogP contribution in [0.5, 0.6) is 5.75 Å². The summed E-state index contributed by atoms with van der Waals surface area (Å²) in [6.45, 7) is 4.46. The van der Waals surface area contributed by atoms with Gasteiger partial charge in [0.2, 0.25) is 5.91 Å².